The third kappa shape index (κ3) is 3.57. The van der Waals surface area contributed by atoms with E-state index >= 15 is 0 Å². The first kappa shape index (κ1) is 15.9. The van der Waals surface area contributed by atoms with Crippen molar-refractivity contribution in [3.63, 3.8) is 0 Å². The van der Waals surface area contributed by atoms with Crippen molar-refractivity contribution < 1.29 is 9.53 Å². The zero-order valence-electron chi connectivity index (χ0n) is 11.8. The van der Waals surface area contributed by atoms with E-state index in [0.29, 0.717) is 11.7 Å². The monoisotopic (exact) mass is 357 g/mol. The summed E-state index contributed by atoms with van der Waals surface area (Å²) in [5.74, 6) is 0.966. The largest absolute Gasteiger partial charge is 0.468 e. The van der Waals surface area contributed by atoms with Gasteiger partial charge in [-0.3, -0.25) is 4.79 Å². The van der Waals surface area contributed by atoms with Crippen LogP contribution < -0.4 is 5.32 Å². The van der Waals surface area contributed by atoms with E-state index in [9.17, 15) is 4.79 Å². The Bertz CT molecular complexity index is 479. The first-order valence-corrected chi connectivity index (χ1v) is 8.62. The molecule has 1 aromatic rings. The van der Waals surface area contributed by atoms with Crippen LogP contribution in [0.15, 0.2) is 33.6 Å². The normalized spacial score (nSPS) is 17.6. The molecular formula is C15H20BrNO2S. The molecule has 0 aromatic heterocycles. The predicted molar refractivity (Wildman–Crippen MR) is 86.0 cm³/mol. The lowest BCUT2D eigenvalue weighted by atomic mass is 9.95. The molecule has 0 amide bonds. The maximum Gasteiger partial charge on any atom is 0.327 e. The predicted octanol–water partition coefficient (Wildman–Crippen LogP) is 3.47. The Morgan fingerprint density at radius 1 is 1.55 bits per heavy atom. The molecule has 2 rings (SSSR count). The maximum atomic E-state index is 12.3. The van der Waals surface area contributed by atoms with E-state index in [1.807, 2.05) is 19.1 Å². The van der Waals surface area contributed by atoms with Gasteiger partial charge in [-0.15, -0.1) is 11.8 Å². The minimum atomic E-state index is -0.545. The van der Waals surface area contributed by atoms with Crippen molar-refractivity contribution in [3.05, 3.63) is 28.7 Å². The van der Waals surface area contributed by atoms with E-state index in [1.54, 1.807) is 11.8 Å². The lowest BCUT2D eigenvalue weighted by Crippen LogP contribution is -2.56. The molecule has 1 atom stereocenters. The molecule has 1 fully saturated rings. The maximum absolute atomic E-state index is 12.3. The van der Waals surface area contributed by atoms with Crippen molar-refractivity contribution in [1.82, 2.24) is 5.32 Å². The van der Waals surface area contributed by atoms with E-state index in [4.69, 9.17) is 4.74 Å². The fourth-order valence-electron chi connectivity index (χ4n) is 2.44. The van der Waals surface area contributed by atoms with E-state index in [0.717, 1.165) is 28.8 Å². The average molecular weight is 358 g/mol. The van der Waals surface area contributed by atoms with Crippen LogP contribution in [0.4, 0.5) is 0 Å². The second kappa shape index (κ2) is 6.96. The zero-order chi connectivity index (χ0) is 14.6. The Balaban J connectivity index is 2.13. The average Bonchev–Trinajstić information content (AvgIpc) is 3.27. The fourth-order valence-corrected chi connectivity index (χ4v) is 4.22. The van der Waals surface area contributed by atoms with Crippen molar-refractivity contribution in [3.8, 4) is 0 Å². The number of esters is 1. The number of nitrogens with one attached hydrogen (secondary N) is 1. The molecule has 1 aliphatic carbocycles. The van der Waals surface area contributed by atoms with Gasteiger partial charge in [-0.05, 0) is 43.5 Å². The second-order valence-corrected chi connectivity index (χ2v) is 6.98. The summed E-state index contributed by atoms with van der Waals surface area (Å²) in [6.07, 6.45) is 2.20. The molecule has 1 aromatic carbocycles. The van der Waals surface area contributed by atoms with Gasteiger partial charge in [0, 0.05) is 15.1 Å². The molecule has 0 radical (unpaired) electrons. The molecule has 110 valence electrons. The van der Waals surface area contributed by atoms with Gasteiger partial charge in [-0.25, -0.2) is 0 Å². The van der Waals surface area contributed by atoms with Gasteiger partial charge >= 0.3 is 5.97 Å². The molecule has 1 aliphatic rings. The molecule has 1 unspecified atom stereocenters. The van der Waals surface area contributed by atoms with Crippen LogP contribution in [0.1, 0.15) is 19.8 Å². The zero-order valence-corrected chi connectivity index (χ0v) is 14.2. The molecule has 0 aliphatic heterocycles. The van der Waals surface area contributed by atoms with Gasteiger partial charge in [-0.2, -0.15) is 0 Å². The highest BCUT2D eigenvalue weighted by atomic mass is 79.9. The molecule has 20 heavy (non-hydrogen) atoms. The van der Waals surface area contributed by atoms with Gasteiger partial charge in [0.1, 0.15) is 5.54 Å². The van der Waals surface area contributed by atoms with Crippen molar-refractivity contribution in [2.24, 2.45) is 5.92 Å². The topological polar surface area (TPSA) is 38.3 Å². The Labute approximate surface area is 133 Å². The summed E-state index contributed by atoms with van der Waals surface area (Å²) in [6, 6.07) is 8.15. The van der Waals surface area contributed by atoms with Gasteiger partial charge in [0.25, 0.3) is 0 Å². The number of benzene rings is 1. The van der Waals surface area contributed by atoms with Crippen LogP contribution in [0.5, 0.6) is 0 Å². The second-order valence-electron chi connectivity index (χ2n) is 5.01. The van der Waals surface area contributed by atoms with Crippen LogP contribution in [-0.2, 0) is 9.53 Å². The third-order valence-corrected chi connectivity index (χ3v) is 5.26. The van der Waals surface area contributed by atoms with E-state index in [2.05, 4.69) is 33.4 Å². The Morgan fingerprint density at radius 3 is 2.85 bits per heavy atom. The number of methoxy groups -OCH3 is 1. The number of thioether (sulfide) groups is 1. The smallest absolute Gasteiger partial charge is 0.327 e. The summed E-state index contributed by atoms with van der Waals surface area (Å²) < 4.78 is 6.11. The standard InChI is InChI=1S/C15H20BrNO2S/c1-3-17-15(11-7-8-11,14(18)19-2)10-20-13-6-4-5-12(16)9-13/h4-6,9,11,17H,3,7-8,10H2,1-2H3. The number of carbonyl (C=O) groups is 1. The highest BCUT2D eigenvalue weighted by Gasteiger charge is 2.51. The third-order valence-electron chi connectivity index (χ3n) is 3.58. The number of halogens is 1. The van der Waals surface area contributed by atoms with E-state index in [1.165, 1.54) is 7.11 Å². The van der Waals surface area contributed by atoms with Gasteiger partial charge in [-0.1, -0.05) is 28.9 Å². The number of carbonyl (C=O) groups excluding carboxylic acids is 1. The molecule has 1 saturated carbocycles. The number of hydrogen-bond donors (Lipinski definition) is 1. The van der Waals surface area contributed by atoms with Crippen molar-refractivity contribution in [1.29, 1.82) is 0 Å². The summed E-state index contributed by atoms with van der Waals surface area (Å²) in [5.41, 5.74) is -0.545. The van der Waals surface area contributed by atoms with Crippen LogP contribution >= 0.6 is 27.7 Å². The summed E-state index contributed by atoms with van der Waals surface area (Å²) in [4.78, 5) is 13.4. The van der Waals surface area contributed by atoms with E-state index < -0.39 is 5.54 Å². The minimum absolute atomic E-state index is 0.135. The van der Waals surface area contributed by atoms with Crippen molar-refractivity contribution >= 4 is 33.7 Å². The molecule has 0 heterocycles. The van der Waals surface area contributed by atoms with Crippen LogP contribution in [0.3, 0.4) is 0 Å². The first-order chi connectivity index (χ1) is 9.62. The van der Waals surface area contributed by atoms with E-state index in [-0.39, 0.29) is 5.97 Å². The minimum Gasteiger partial charge on any atom is -0.468 e. The Kier molecular flexibility index (Phi) is 5.52. The number of ether oxygens (including phenoxy) is 1. The summed E-state index contributed by atoms with van der Waals surface area (Å²) in [6.45, 7) is 2.80. The molecular weight excluding hydrogens is 338 g/mol. The Morgan fingerprint density at radius 2 is 2.30 bits per heavy atom. The lowest BCUT2D eigenvalue weighted by Gasteiger charge is -2.31. The van der Waals surface area contributed by atoms with Crippen molar-refractivity contribution in [2.45, 2.75) is 30.2 Å². The molecule has 1 N–H and O–H groups in total. The quantitative estimate of drug-likeness (QED) is 0.598. The molecule has 3 nitrogen and oxygen atoms in total. The van der Waals surface area contributed by atoms with Crippen LogP contribution in [0.25, 0.3) is 0 Å². The first-order valence-electron chi connectivity index (χ1n) is 6.84. The number of likely N-dealkylation sites (N-methyl/N-ethyl adjacent to an activating group) is 1. The summed E-state index contributed by atoms with van der Waals surface area (Å²) in [5, 5.41) is 3.39. The van der Waals surface area contributed by atoms with Crippen LogP contribution in [0.2, 0.25) is 0 Å². The van der Waals surface area contributed by atoms with Crippen molar-refractivity contribution in [2.75, 3.05) is 19.4 Å². The molecule has 0 saturated heterocycles. The fraction of sp³-hybridized carbons (Fsp3) is 0.533. The summed E-state index contributed by atoms with van der Waals surface area (Å²) in [7, 11) is 1.47. The number of hydrogen-bond acceptors (Lipinski definition) is 4. The van der Waals surface area contributed by atoms with Gasteiger partial charge in [0.15, 0.2) is 0 Å². The Hall–Kier alpha value is -0.520. The molecule has 5 heteroatoms. The van der Waals surface area contributed by atoms with Crippen LogP contribution in [0, 0.1) is 5.92 Å². The number of rotatable bonds is 7. The van der Waals surface area contributed by atoms with Crippen LogP contribution in [-0.4, -0.2) is 30.9 Å². The highest BCUT2D eigenvalue weighted by Crippen LogP contribution is 2.43. The highest BCUT2D eigenvalue weighted by molar-refractivity contribution is 9.10. The molecule has 0 spiro atoms. The summed E-state index contributed by atoms with van der Waals surface area (Å²) >= 11 is 5.18. The SMILES string of the molecule is CCNC(CSc1cccc(Br)c1)(C(=O)OC)C1CC1. The lowest BCUT2D eigenvalue weighted by molar-refractivity contribution is -0.148. The van der Waals surface area contributed by atoms with Gasteiger partial charge in [0.2, 0.25) is 0 Å². The van der Waals surface area contributed by atoms with Gasteiger partial charge < -0.3 is 10.1 Å². The van der Waals surface area contributed by atoms with Gasteiger partial charge in [0.05, 0.1) is 7.11 Å². The molecule has 0 bridgehead atoms.